The Morgan fingerprint density at radius 1 is 1.42 bits per heavy atom. The molecule has 0 aliphatic rings. The van der Waals surface area contributed by atoms with E-state index in [0.717, 1.165) is 0 Å². The first-order valence-electron chi connectivity index (χ1n) is 6.29. The van der Waals surface area contributed by atoms with E-state index in [9.17, 15) is 9.59 Å². The summed E-state index contributed by atoms with van der Waals surface area (Å²) in [4.78, 5) is 23.8. The van der Waals surface area contributed by atoms with Crippen molar-refractivity contribution in [3.05, 3.63) is 34.3 Å². The minimum absolute atomic E-state index is 0.00842. The van der Waals surface area contributed by atoms with Crippen molar-refractivity contribution in [1.82, 2.24) is 4.57 Å². The lowest BCUT2D eigenvalue weighted by atomic mass is 9.88. The molecule has 2 rings (SSSR count). The lowest BCUT2D eigenvalue weighted by molar-refractivity contribution is 0.0892. The van der Waals surface area contributed by atoms with Crippen molar-refractivity contribution in [1.29, 1.82) is 0 Å². The molecule has 0 aliphatic heterocycles. The van der Waals surface area contributed by atoms with Gasteiger partial charge in [-0.25, -0.2) is 4.79 Å². The molecule has 5 heteroatoms. The summed E-state index contributed by atoms with van der Waals surface area (Å²) in [6.07, 6.45) is 0. The molecule has 1 unspecified atom stereocenters. The molecule has 102 valence electrons. The van der Waals surface area contributed by atoms with Gasteiger partial charge in [-0.1, -0.05) is 13.8 Å². The largest absolute Gasteiger partial charge is 0.419 e. The third-order valence-corrected chi connectivity index (χ3v) is 3.47. The molecular formula is C14H18N2O3. The van der Waals surface area contributed by atoms with Gasteiger partial charge in [0.15, 0.2) is 11.4 Å². The topological polar surface area (TPSA) is 78.2 Å². The zero-order valence-electron chi connectivity index (χ0n) is 11.3. The normalized spacial score (nSPS) is 13.1. The fourth-order valence-corrected chi connectivity index (χ4v) is 2.18. The van der Waals surface area contributed by atoms with Crippen molar-refractivity contribution in [3.63, 3.8) is 0 Å². The number of rotatable bonds is 4. The van der Waals surface area contributed by atoms with Crippen LogP contribution in [0, 0.1) is 11.8 Å². The molecule has 0 bridgehead atoms. The van der Waals surface area contributed by atoms with Crippen LogP contribution in [-0.4, -0.2) is 16.9 Å². The Hall–Kier alpha value is -1.88. The summed E-state index contributed by atoms with van der Waals surface area (Å²) in [7, 11) is 1.63. The van der Waals surface area contributed by atoms with Crippen molar-refractivity contribution in [2.24, 2.45) is 24.6 Å². The Morgan fingerprint density at radius 2 is 2.11 bits per heavy atom. The summed E-state index contributed by atoms with van der Waals surface area (Å²) in [6, 6.07) is 5.05. The highest BCUT2D eigenvalue weighted by Gasteiger charge is 2.22. The van der Waals surface area contributed by atoms with Crippen molar-refractivity contribution in [2.45, 2.75) is 13.8 Å². The van der Waals surface area contributed by atoms with E-state index < -0.39 is 5.76 Å². The predicted octanol–water partition coefficient (Wildman–Crippen LogP) is 1.55. The number of nitrogens with zero attached hydrogens (tertiary/aromatic N) is 1. The first-order valence-corrected chi connectivity index (χ1v) is 6.29. The number of oxazole rings is 1. The van der Waals surface area contributed by atoms with E-state index in [1.54, 1.807) is 25.2 Å². The molecule has 0 amide bonds. The minimum atomic E-state index is -0.432. The molecule has 1 aromatic carbocycles. The van der Waals surface area contributed by atoms with Crippen LogP contribution in [0.1, 0.15) is 24.2 Å². The number of aromatic nitrogens is 1. The minimum Gasteiger partial charge on any atom is -0.408 e. The van der Waals surface area contributed by atoms with Gasteiger partial charge in [-0.2, -0.15) is 0 Å². The van der Waals surface area contributed by atoms with Gasteiger partial charge in [0.1, 0.15) is 0 Å². The van der Waals surface area contributed by atoms with Crippen LogP contribution < -0.4 is 11.5 Å². The van der Waals surface area contributed by atoms with Gasteiger partial charge >= 0.3 is 5.76 Å². The molecule has 1 heterocycles. The molecule has 0 aliphatic carbocycles. The van der Waals surface area contributed by atoms with Gasteiger partial charge in [0, 0.05) is 25.1 Å². The van der Waals surface area contributed by atoms with E-state index in [2.05, 4.69) is 0 Å². The molecule has 19 heavy (non-hydrogen) atoms. The molecule has 2 aromatic rings. The molecule has 5 nitrogen and oxygen atoms in total. The number of fused-ring (bicyclic) bond motifs is 1. The number of hydrogen-bond donors (Lipinski definition) is 1. The maximum atomic E-state index is 12.3. The SMILES string of the molecule is CC(C)C(CN)C(=O)c1ccc2c(c1)oc(=O)n2C. The average Bonchev–Trinajstić information content (AvgIpc) is 2.65. The van der Waals surface area contributed by atoms with Crippen molar-refractivity contribution in [2.75, 3.05) is 6.54 Å². The molecule has 0 radical (unpaired) electrons. The molecule has 2 N–H and O–H groups in total. The quantitative estimate of drug-likeness (QED) is 0.848. The number of carbonyl (C=O) groups is 1. The van der Waals surface area contributed by atoms with Crippen molar-refractivity contribution in [3.8, 4) is 0 Å². The van der Waals surface area contributed by atoms with E-state index in [1.165, 1.54) is 4.57 Å². The van der Waals surface area contributed by atoms with Gasteiger partial charge in [-0.15, -0.1) is 0 Å². The van der Waals surface area contributed by atoms with Crippen LogP contribution in [0.2, 0.25) is 0 Å². The van der Waals surface area contributed by atoms with E-state index >= 15 is 0 Å². The Morgan fingerprint density at radius 3 is 2.68 bits per heavy atom. The number of Topliss-reactive ketones (excluding diaryl/α,β-unsaturated/α-hetero) is 1. The Labute approximate surface area is 111 Å². The highest BCUT2D eigenvalue weighted by atomic mass is 16.4. The van der Waals surface area contributed by atoms with Crippen LogP contribution in [0.25, 0.3) is 11.1 Å². The first-order chi connectivity index (χ1) is 8.95. The number of ketones is 1. The molecule has 0 spiro atoms. The fraction of sp³-hybridized carbons (Fsp3) is 0.429. The number of aryl methyl sites for hydroxylation is 1. The van der Waals surface area contributed by atoms with Gasteiger partial charge in [0.05, 0.1) is 5.52 Å². The predicted molar refractivity (Wildman–Crippen MR) is 73.2 cm³/mol. The Balaban J connectivity index is 2.46. The smallest absolute Gasteiger partial charge is 0.408 e. The van der Waals surface area contributed by atoms with Crippen LogP contribution >= 0.6 is 0 Å². The molecule has 1 aromatic heterocycles. The van der Waals surface area contributed by atoms with Gasteiger partial charge in [-0.3, -0.25) is 9.36 Å². The monoisotopic (exact) mass is 262 g/mol. The number of benzene rings is 1. The summed E-state index contributed by atoms with van der Waals surface area (Å²) >= 11 is 0. The molecule has 1 atom stereocenters. The van der Waals surface area contributed by atoms with Crippen LogP contribution in [0.15, 0.2) is 27.4 Å². The molecule has 0 saturated carbocycles. The first kappa shape index (κ1) is 13.5. The zero-order valence-corrected chi connectivity index (χ0v) is 11.3. The van der Waals surface area contributed by atoms with Crippen LogP contribution in [-0.2, 0) is 7.05 Å². The third-order valence-electron chi connectivity index (χ3n) is 3.47. The second-order valence-corrected chi connectivity index (χ2v) is 5.06. The fourth-order valence-electron chi connectivity index (χ4n) is 2.18. The summed E-state index contributed by atoms with van der Waals surface area (Å²) in [6.45, 7) is 4.25. The maximum Gasteiger partial charge on any atom is 0.419 e. The third kappa shape index (κ3) is 2.33. The summed E-state index contributed by atoms with van der Waals surface area (Å²) in [5, 5.41) is 0. The lowest BCUT2D eigenvalue weighted by Crippen LogP contribution is -2.28. The van der Waals surface area contributed by atoms with E-state index in [1.807, 2.05) is 13.8 Å². The van der Waals surface area contributed by atoms with Gasteiger partial charge < -0.3 is 10.2 Å². The van der Waals surface area contributed by atoms with Gasteiger partial charge in [-0.05, 0) is 24.1 Å². The average molecular weight is 262 g/mol. The highest BCUT2D eigenvalue weighted by molar-refractivity contribution is 6.00. The maximum absolute atomic E-state index is 12.3. The van der Waals surface area contributed by atoms with E-state index in [-0.39, 0.29) is 17.6 Å². The number of nitrogens with two attached hydrogens (primary N) is 1. The Kier molecular flexibility index (Phi) is 3.57. The van der Waals surface area contributed by atoms with Gasteiger partial charge in [0.2, 0.25) is 0 Å². The van der Waals surface area contributed by atoms with E-state index in [0.29, 0.717) is 23.2 Å². The lowest BCUT2D eigenvalue weighted by Gasteiger charge is -2.17. The second-order valence-electron chi connectivity index (χ2n) is 5.06. The highest BCUT2D eigenvalue weighted by Crippen LogP contribution is 2.20. The van der Waals surface area contributed by atoms with Crippen LogP contribution in [0.3, 0.4) is 0 Å². The van der Waals surface area contributed by atoms with Crippen molar-refractivity contribution >= 4 is 16.9 Å². The van der Waals surface area contributed by atoms with Gasteiger partial charge in [0.25, 0.3) is 0 Å². The second kappa shape index (κ2) is 5.01. The van der Waals surface area contributed by atoms with E-state index in [4.69, 9.17) is 10.2 Å². The summed E-state index contributed by atoms with van der Waals surface area (Å²) in [5.74, 6) is -0.478. The summed E-state index contributed by atoms with van der Waals surface area (Å²) < 4.78 is 6.50. The number of hydrogen-bond acceptors (Lipinski definition) is 4. The van der Waals surface area contributed by atoms with Crippen molar-refractivity contribution < 1.29 is 9.21 Å². The molecular weight excluding hydrogens is 244 g/mol. The standard InChI is InChI=1S/C14H18N2O3/c1-8(2)10(7-15)13(17)9-4-5-11-12(6-9)19-14(18)16(11)3/h4-6,8,10H,7,15H2,1-3H3. The summed E-state index contributed by atoms with van der Waals surface area (Å²) in [5.41, 5.74) is 7.29. The van der Waals surface area contributed by atoms with Crippen LogP contribution in [0.5, 0.6) is 0 Å². The molecule has 0 fully saturated rings. The zero-order chi connectivity index (χ0) is 14.2. The Bertz CT molecular complexity index is 667. The number of carbonyl (C=O) groups excluding carboxylic acids is 1. The molecule has 0 saturated heterocycles. The van der Waals surface area contributed by atoms with Crippen LogP contribution in [0.4, 0.5) is 0 Å².